The Morgan fingerprint density at radius 1 is 1.27 bits per heavy atom. The number of nitrogens with one attached hydrogen (secondary N) is 1. The number of aromatic nitrogens is 3. The molecule has 2 heterocycles. The third kappa shape index (κ3) is 3.24. The fourth-order valence-corrected chi connectivity index (χ4v) is 5.48. The largest absolute Gasteiger partial charge is 0.489 e. The van der Waals surface area contributed by atoms with E-state index in [0.717, 1.165) is 31.6 Å². The molecule has 7 nitrogen and oxygen atoms in total. The van der Waals surface area contributed by atoms with Gasteiger partial charge in [0.2, 0.25) is 5.82 Å². The van der Waals surface area contributed by atoms with Gasteiger partial charge in [-0.2, -0.15) is 5.26 Å². The zero-order chi connectivity index (χ0) is 21.7. The standard InChI is InChI=1S/C22H26ClN5O2/c1-21(2)19(25-18(29)17-27-26-16-7-5-6-10-28(16)17)22(3,4)20(21)30-14-9-8-13(12-24)15(23)11-14/h8-9,11,19-20H,5-7,10H2,1-4H3,(H,25,29). The van der Waals surface area contributed by atoms with Gasteiger partial charge >= 0.3 is 0 Å². The van der Waals surface area contributed by atoms with Gasteiger partial charge in [-0.25, -0.2) is 0 Å². The Hall–Kier alpha value is -2.59. The highest BCUT2D eigenvalue weighted by Crippen LogP contribution is 2.55. The van der Waals surface area contributed by atoms with Crippen LogP contribution in [0.5, 0.6) is 5.75 Å². The zero-order valence-electron chi connectivity index (χ0n) is 17.7. The number of hydrogen-bond acceptors (Lipinski definition) is 5. The predicted octanol–water partition coefficient (Wildman–Crippen LogP) is 3.75. The summed E-state index contributed by atoms with van der Waals surface area (Å²) in [6, 6.07) is 7.03. The summed E-state index contributed by atoms with van der Waals surface area (Å²) >= 11 is 6.15. The van der Waals surface area contributed by atoms with E-state index >= 15 is 0 Å². The number of benzene rings is 1. The smallest absolute Gasteiger partial charge is 0.289 e. The first kappa shape index (κ1) is 20.7. The summed E-state index contributed by atoms with van der Waals surface area (Å²) in [5.41, 5.74) is -0.216. The molecule has 1 N–H and O–H groups in total. The number of amides is 1. The highest BCUT2D eigenvalue weighted by Gasteiger charge is 2.64. The summed E-state index contributed by atoms with van der Waals surface area (Å²) in [5, 5.41) is 20.9. The number of rotatable bonds is 4. The van der Waals surface area contributed by atoms with Crippen molar-refractivity contribution in [2.24, 2.45) is 10.8 Å². The quantitative estimate of drug-likeness (QED) is 0.801. The van der Waals surface area contributed by atoms with Gasteiger partial charge in [-0.15, -0.1) is 10.2 Å². The summed E-state index contributed by atoms with van der Waals surface area (Å²) < 4.78 is 8.21. The van der Waals surface area contributed by atoms with Gasteiger partial charge in [-0.1, -0.05) is 39.3 Å². The number of nitrogens with zero attached hydrogens (tertiary/aromatic N) is 4. The molecule has 1 aliphatic carbocycles. The second kappa shape index (κ2) is 7.28. The Labute approximate surface area is 181 Å². The Kier molecular flexibility index (Phi) is 5.01. The van der Waals surface area contributed by atoms with Crippen LogP contribution in [0.4, 0.5) is 0 Å². The lowest BCUT2D eigenvalue weighted by atomic mass is 9.49. The van der Waals surface area contributed by atoms with Crippen LogP contribution < -0.4 is 10.1 Å². The molecule has 1 saturated carbocycles. The highest BCUT2D eigenvalue weighted by atomic mass is 35.5. The first-order valence-corrected chi connectivity index (χ1v) is 10.6. The SMILES string of the molecule is CC1(C)C(NC(=O)c2nnc3n2CCCC3)C(C)(C)C1Oc1ccc(C#N)c(Cl)c1. The van der Waals surface area contributed by atoms with Crippen molar-refractivity contribution >= 4 is 17.5 Å². The molecule has 0 atom stereocenters. The maximum absolute atomic E-state index is 13.0. The van der Waals surface area contributed by atoms with E-state index in [0.29, 0.717) is 22.2 Å². The number of hydrogen-bond donors (Lipinski definition) is 1. The number of aryl methyl sites for hydroxylation is 1. The normalized spacial score (nSPS) is 23.6. The van der Waals surface area contributed by atoms with Crippen LogP contribution in [0.25, 0.3) is 0 Å². The number of nitriles is 1. The van der Waals surface area contributed by atoms with Gasteiger partial charge < -0.3 is 14.6 Å². The average Bonchev–Trinajstić information content (AvgIpc) is 3.14. The van der Waals surface area contributed by atoms with E-state index in [1.54, 1.807) is 18.2 Å². The van der Waals surface area contributed by atoms with Crippen molar-refractivity contribution in [3.05, 3.63) is 40.4 Å². The topological polar surface area (TPSA) is 92.8 Å². The monoisotopic (exact) mass is 427 g/mol. The fourth-order valence-electron chi connectivity index (χ4n) is 5.27. The summed E-state index contributed by atoms with van der Waals surface area (Å²) in [6.45, 7) is 9.11. The Balaban J connectivity index is 1.51. The molecule has 1 aromatic carbocycles. The summed E-state index contributed by atoms with van der Waals surface area (Å²) in [5.74, 6) is 1.69. The van der Waals surface area contributed by atoms with Gasteiger partial charge in [0.1, 0.15) is 23.7 Å². The Morgan fingerprint density at radius 2 is 2.00 bits per heavy atom. The van der Waals surface area contributed by atoms with Crippen LogP contribution in [0.2, 0.25) is 5.02 Å². The molecule has 8 heteroatoms. The molecule has 1 aliphatic heterocycles. The average molecular weight is 428 g/mol. The van der Waals surface area contributed by atoms with E-state index in [1.165, 1.54) is 0 Å². The lowest BCUT2D eigenvalue weighted by Crippen LogP contribution is -2.74. The molecule has 30 heavy (non-hydrogen) atoms. The molecule has 2 aromatic rings. The maximum atomic E-state index is 13.0. The van der Waals surface area contributed by atoms with Crippen LogP contribution in [0.3, 0.4) is 0 Å². The third-order valence-corrected chi connectivity index (χ3v) is 6.81. The molecule has 158 valence electrons. The number of carbonyl (C=O) groups is 1. The fraction of sp³-hybridized carbons (Fsp3) is 0.545. The number of fused-ring (bicyclic) bond motifs is 1. The molecule has 0 bridgehead atoms. The lowest BCUT2D eigenvalue weighted by molar-refractivity contribution is -0.164. The van der Waals surface area contributed by atoms with Gasteiger partial charge in [0.25, 0.3) is 5.91 Å². The Bertz CT molecular complexity index is 1020. The second-order valence-electron chi connectivity index (χ2n) is 9.35. The zero-order valence-corrected chi connectivity index (χ0v) is 18.5. The minimum absolute atomic E-state index is 0.104. The van der Waals surface area contributed by atoms with E-state index in [1.807, 2.05) is 4.57 Å². The van der Waals surface area contributed by atoms with Crippen molar-refractivity contribution in [1.82, 2.24) is 20.1 Å². The van der Waals surface area contributed by atoms with Crippen LogP contribution in [0, 0.1) is 22.2 Å². The number of halogens is 1. The second-order valence-corrected chi connectivity index (χ2v) is 9.76. The van der Waals surface area contributed by atoms with Crippen LogP contribution in [0.15, 0.2) is 18.2 Å². The number of ether oxygens (including phenoxy) is 1. The predicted molar refractivity (Wildman–Crippen MR) is 112 cm³/mol. The van der Waals surface area contributed by atoms with Crippen molar-refractivity contribution in [2.45, 2.75) is 65.6 Å². The van der Waals surface area contributed by atoms with E-state index in [2.05, 4.69) is 49.3 Å². The van der Waals surface area contributed by atoms with Crippen molar-refractivity contribution in [1.29, 1.82) is 5.26 Å². The van der Waals surface area contributed by atoms with E-state index in [-0.39, 0.29) is 28.9 Å². The maximum Gasteiger partial charge on any atom is 0.289 e. The first-order chi connectivity index (χ1) is 14.2. The lowest BCUT2D eigenvalue weighted by Gasteiger charge is -2.63. The molecule has 0 spiro atoms. The van der Waals surface area contributed by atoms with Crippen molar-refractivity contribution in [3.8, 4) is 11.8 Å². The number of carbonyl (C=O) groups excluding carboxylic acids is 1. The Morgan fingerprint density at radius 3 is 2.67 bits per heavy atom. The van der Waals surface area contributed by atoms with Crippen LogP contribution >= 0.6 is 11.6 Å². The molecule has 0 unspecified atom stereocenters. The van der Waals surface area contributed by atoms with Gasteiger partial charge in [0.05, 0.1) is 10.6 Å². The van der Waals surface area contributed by atoms with E-state index in [4.69, 9.17) is 21.6 Å². The third-order valence-electron chi connectivity index (χ3n) is 6.49. The van der Waals surface area contributed by atoms with Gasteiger partial charge in [0.15, 0.2) is 0 Å². The van der Waals surface area contributed by atoms with Gasteiger partial charge in [-0.05, 0) is 25.0 Å². The first-order valence-electron chi connectivity index (χ1n) is 10.3. The van der Waals surface area contributed by atoms with E-state index < -0.39 is 0 Å². The molecular weight excluding hydrogens is 402 g/mol. The van der Waals surface area contributed by atoms with Crippen LogP contribution in [-0.2, 0) is 13.0 Å². The molecule has 1 fully saturated rings. The molecule has 0 saturated heterocycles. The van der Waals surface area contributed by atoms with Crippen molar-refractivity contribution < 1.29 is 9.53 Å². The molecule has 1 aromatic heterocycles. The van der Waals surface area contributed by atoms with E-state index in [9.17, 15) is 4.79 Å². The molecule has 4 rings (SSSR count). The van der Waals surface area contributed by atoms with Crippen LogP contribution in [-0.4, -0.2) is 32.8 Å². The van der Waals surface area contributed by atoms with Gasteiger partial charge in [0, 0.05) is 35.9 Å². The summed E-state index contributed by atoms with van der Waals surface area (Å²) in [6.07, 6.45) is 2.84. The highest BCUT2D eigenvalue weighted by molar-refractivity contribution is 6.31. The minimum Gasteiger partial charge on any atom is -0.489 e. The minimum atomic E-state index is -0.315. The molecular formula is C22H26ClN5O2. The summed E-state index contributed by atoms with van der Waals surface area (Å²) in [7, 11) is 0. The van der Waals surface area contributed by atoms with Crippen molar-refractivity contribution in [3.63, 3.8) is 0 Å². The van der Waals surface area contributed by atoms with Crippen molar-refractivity contribution in [2.75, 3.05) is 0 Å². The molecule has 0 radical (unpaired) electrons. The van der Waals surface area contributed by atoms with Crippen LogP contribution in [0.1, 0.15) is 62.5 Å². The summed E-state index contributed by atoms with van der Waals surface area (Å²) in [4.78, 5) is 13.0. The molecule has 1 amide bonds. The van der Waals surface area contributed by atoms with Gasteiger partial charge in [-0.3, -0.25) is 4.79 Å². The molecule has 2 aliphatic rings.